The van der Waals surface area contributed by atoms with Crippen LogP contribution in [-0.4, -0.2) is 43.0 Å². The van der Waals surface area contributed by atoms with Crippen molar-refractivity contribution in [2.75, 3.05) is 19.3 Å². The van der Waals surface area contributed by atoms with Gasteiger partial charge in [0, 0.05) is 12.0 Å². The number of nitrogens with zero attached hydrogens (tertiary/aromatic N) is 2. The van der Waals surface area contributed by atoms with Crippen molar-refractivity contribution in [3.05, 3.63) is 27.8 Å². The van der Waals surface area contributed by atoms with Gasteiger partial charge in [0.25, 0.3) is 12.4 Å². The molecule has 0 unspecified atom stereocenters. The fourth-order valence-electron chi connectivity index (χ4n) is 2.79. The number of hydrogen-bond donors (Lipinski definition) is 0. The number of methoxy groups -OCH3 is 1. The second-order valence-electron chi connectivity index (χ2n) is 5.84. The first-order chi connectivity index (χ1) is 12.5. The molecule has 1 fully saturated rings. The summed E-state index contributed by atoms with van der Waals surface area (Å²) in [5.41, 5.74) is -0.580. The maximum absolute atomic E-state index is 11.9. The maximum Gasteiger partial charge on any atom is 0.345 e. The summed E-state index contributed by atoms with van der Waals surface area (Å²) in [6.45, 7) is 0.0320. The third kappa shape index (κ3) is 4.82. The first-order valence-corrected chi connectivity index (χ1v) is 9.48. The standard InChI is InChI=1S/C16H19BN2O6S/c1-23-16(20)12-7-15(25-11-3-5-17(9-18)6-4-11)14(24-10-26-2)8-13(12)19(21)22/h7-8,11H,3-6,10H2,1-2H3. The molecule has 1 saturated heterocycles. The molecule has 26 heavy (non-hydrogen) atoms. The van der Waals surface area contributed by atoms with Crippen LogP contribution in [0.5, 0.6) is 11.5 Å². The van der Waals surface area contributed by atoms with Crippen LogP contribution >= 0.6 is 11.8 Å². The van der Waals surface area contributed by atoms with Gasteiger partial charge in [-0.05, 0) is 19.1 Å². The minimum absolute atomic E-state index is 0.0320. The van der Waals surface area contributed by atoms with E-state index in [1.807, 2.05) is 6.26 Å². The Balaban J connectivity index is 2.33. The Labute approximate surface area is 156 Å². The maximum atomic E-state index is 11.9. The molecule has 1 aromatic rings. The number of benzene rings is 1. The Bertz CT molecular complexity index is 715. The van der Waals surface area contributed by atoms with Crippen LogP contribution in [0.25, 0.3) is 0 Å². The van der Waals surface area contributed by atoms with Crippen molar-refractivity contribution >= 4 is 30.1 Å². The van der Waals surface area contributed by atoms with Crippen LogP contribution in [0.4, 0.5) is 5.69 Å². The fourth-order valence-corrected chi connectivity index (χ4v) is 3.04. The first kappa shape index (κ1) is 19.9. The second-order valence-corrected chi connectivity index (χ2v) is 6.65. The Morgan fingerprint density at radius 2 is 2.12 bits per heavy atom. The molecule has 0 atom stereocenters. The van der Waals surface area contributed by atoms with Gasteiger partial charge in [-0.1, -0.05) is 12.6 Å². The van der Waals surface area contributed by atoms with Crippen molar-refractivity contribution in [3.63, 3.8) is 0 Å². The van der Waals surface area contributed by atoms with Crippen molar-refractivity contribution in [3.8, 4) is 17.5 Å². The molecule has 0 radical (unpaired) electrons. The molecule has 0 amide bonds. The zero-order valence-corrected chi connectivity index (χ0v) is 15.4. The number of ether oxygens (including phenoxy) is 3. The lowest BCUT2D eigenvalue weighted by atomic mass is 9.42. The van der Waals surface area contributed by atoms with Gasteiger partial charge in [0.1, 0.15) is 11.5 Å². The number of nitro groups is 1. The van der Waals surface area contributed by atoms with Gasteiger partial charge >= 0.3 is 5.97 Å². The van der Waals surface area contributed by atoms with Gasteiger partial charge in [0.2, 0.25) is 0 Å². The highest BCUT2D eigenvalue weighted by molar-refractivity contribution is 7.98. The van der Waals surface area contributed by atoms with Gasteiger partial charge < -0.3 is 14.2 Å². The smallest absolute Gasteiger partial charge is 0.345 e. The lowest BCUT2D eigenvalue weighted by Crippen LogP contribution is -2.27. The number of thioether (sulfide) groups is 1. The molecule has 2 rings (SSSR count). The van der Waals surface area contributed by atoms with E-state index in [0.717, 1.165) is 19.8 Å². The minimum Gasteiger partial charge on any atom is -0.487 e. The van der Waals surface area contributed by atoms with Crippen molar-refractivity contribution in [1.82, 2.24) is 0 Å². The van der Waals surface area contributed by atoms with Gasteiger partial charge in [-0.25, -0.2) is 10.1 Å². The Kier molecular flexibility index (Phi) is 7.15. The third-order valence-electron chi connectivity index (χ3n) is 4.15. The summed E-state index contributed by atoms with van der Waals surface area (Å²) in [5.74, 6) is 2.21. The van der Waals surface area contributed by atoms with Crippen LogP contribution in [0, 0.1) is 21.3 Å². The summed E-state index contributed by atoms with van der Waals surface area (Å²) in [5, 5.41) is 20.3. The summed E-state index contributed by atoms with van der Waals surface area (Å²) in [7, 11) is 1.16. The van der Waals surface area contributed by atoms with Crippen LogP contribution in [-0.2, 0) is 4.74 Å². The number of carbonyl (C=O) groups is 1. The van der Waals surface area contributed by atoms with E-state index in [2.05, 4.69) is 10.7 Å². The third-order valence-corrected chi connectivity index (χ3v) is 4.50. The summed E-state index contributed by atoms with van der Waals surface area (Å²) in [4.78, 5) is 22.6. The SMILES string of the molecule is COC(=O)c1cc(OC2CCB(C#N)CC2)c(OCSC)cc1[N+](=O)[O-]. The molecular weight excluding hydrogens is 359 g/mol. The molecule has 0 spiro atoms. The predicted octanol–water partition coefficient (Wildman–Crippen LogP) is 3.18. The van der Waals surface area contributed by atoms with Crippen molar-refractivity contribution in [1.29, 1.82) is 5.26 Å². The monoisotopic (exact) mass is 378 g/mol. The summed E-state index contributed by atoms with van der Waals surface area (Å²) in [6, 6.07) is 2.49. The Hall–Kier alpha value is -2.41. The van der Waals surface area contributed by atoms with E-state index < -0.39 is 16.6 Å². The summed E-state index contributed by atoms with van der Waals surface area (Å²) in [6.07, 6.45) is 4.57. The van der Waals surface area contributed by atoms with Gasteiger partial charge in [-0.15, -0.1) is 11.8 Å². The molecule has 1 aliphatic heterocycles. The molecule has 8 nitrogen and oxygen atoms in total. The number of carbonyl (C=O) groups excluding carboxylic acids is 1. The molecule has 0 N–H and O–H groups in total. The Morgan fingerprint density at radius 3 is 2.65 bits per heavy atom. The normalized spacial score (nSPS) is 14.4. The molecule has 1 heterocycles. The van der Waals surface area contributed by atoms with Crippen LogP contribution < -0.4 is 9.47 Å². The van der Waals surface area contributed by atoms with Gasteiger partial charge in [-0.2, -0.15) is 0 Å². The van der Waals surface area contributed by atoms with Gasteiger partial charge in [0.15, 0.2) is 11.5 Å². The van der Waals surface area contributed by atoms with Crippen LogP contribution in [0.1, 0.15) is 23.2 Å². The fraction of sp³-hybridized carbons (Fsp3) is 0.500. The molecule has 0 aliphatic carbocycles. The van der Waals surface area contributed by atoms with Crippen LogP contribution in [0.3, 0.4) is 0 Å². The molecule has 0 saturated carbocycles. The van der Waals surface area contributed by atoms with E-state index in [1.54, 1.807) is 0 Å². The summed E-state index contributed by atoms with van der Waals surface area (Å²) < 4.78 is 16.2. The molecular formula is C16H19BN2O6S. The van der Waals surface area contributed by atoms with Crippen molar-refractivity contribution < 1.29 is 23.9 Å². The number of hydrogen-bond acceptors (Lipinski definition) is 8. The highest BCUT2D eigenvalue weighted by Gasteiger charge is 2.29. The topological polar surface area (TPSA) is 112 Å². The average Bonchev–Trinajstić information content (AvgIpc) is 2.66. The number of rotatable bonds is 7. The van der Waals surface area contributed by atoms with E-state index in [4.69, 9.17) is 14.7 Å². The largest absolute Gasteiger partial charge is 0.487 e. The lowest BCUT2D eigenvalue weighted by Gasteiger charge is -2.25. The lowest BCUT2D eigenvalue weighted by molar-refractivity contribution is -0.385. The number of esters is 1. The van der Waals surface area contributed by atoms with E-state index >= 15 is 0 Å². The summed E-state index contributed by atoms with van der Waals surface area (Å²) >= 11 is 1.41. The van der Waals surface area contributed by atoms with Gasteiger partial charge in [0.05, 0.1) is 24.2 Å². The number of nitriles is 1. The molecule has 0 aromatic heterocycles. The van der Waals surface area contributed by atoms with E-state index in [0.29, 0.717) is 12.8 Å². The highest BCUT2D eigenvalue weighted by Crippen LogP contribution is 2.37. The highest BCUT2D eigenvalue weighted by atomic mass is 32.2. The van der Waals surface area contributed by atoms with Crippen LogP contribution in [0.2, 0.25) is 12.6 Å². The molecule has 10 heteroatoms. The first-order valence-electron chi connectivity index (χ1n) is 8.08. The number of nitro benzene ring substituents is 1. The molecule has 1 aliphatic rings. The zero-order chi connectivity index (χ0) is 19.1. The van der Waals surface area contributed by atoms with E-state index in [1.165, 1.54) is 23.9 Å². The minimum atomic E-state index is -0.814. The zero-order valence-electron chi connectivity index (χ0n) is 14.6. The molecule has 1 aromatic carbocycles. The van der Waals surface area contributed by atoms with E-state index in [9.17, 15) is 14.9 Å². The van der Waals surface area contributed by atoms with Crippen molar-refractivity contribution in [2.24, 2.45) is 0 Å². The quantitative estimate of drug-likeness (QED) is 0.234. The average molecular weight is 378 g/mol. The Morgan fingerprint density at radius 1 is 1.42 bits per heavy atom. The van der Waals surface area contributed by atoms with Crippen molar-refractivity contribution in [2.45, 2.75) is 31.6 Å². The molecule has 138 valence electrons. The van der Waals surface area contributed by atoms with Crippen LogP contribution in [0.15, 0.2) is 12.1 Å². The molecule has 0 bridgehead atoms. The second kappa shape index (κ2) is 9.34. The van der Waals surface area contributed by atoms with Gasteiger partial charge in [-0.3, -0.25) is 10.1 Å². The van der Waals surface area contributed by atoms with E-state index in [-0.39, 0.29) is 35.8 Å². The predicted molar refractivity (Wildman–Crippen MR) is 98.1 cm³/mol.